The summed E-state index contributed by atoms with van der Waals surface area (Å²) < 4.78 is 5.45. The van der Waals surface area contributed by atoms with Gasteiger partial charge >= 0.3 is 0 Å². The van der Waals surface area contributed by atoms with Gasteiger partial charge in [-0.1, -0.05) is 41.4 Å². The molecule has 1 atom stereocenters. The molecule has 1 nitrogen and oxygen atoms in total. The summed E-state index contributed by atoms with van der Waals surface area (Å²) in [5.41, 5.74) is 1.51. The summed E-state index contributed by atoms with van der Waals surface area (Å²) in [6.07, 6.45) is 4.91. The molecule has 1 aliphatic heterocycles. The Kier molecular flexibility index (Phi) is 5.04. The van der Waals surface area contributed by atoms with E-state index < -0.39 is 0 Å². The second-order valence-electron chi connectivity index (χ2n) is 4.01. The Morgan fingerprint density at radius 3 is 2.85 bits per heavy atom. The second-order valence-corrected chi connectivity index (χ2v) is 4.57. The topological polar surface area (TPSA) is 9.23 Å². The first-order valence-electron chi connectivity index (χ1n) is 5.08. The molecule has 13 heavy (non-hydrogen) atoms. The third-order valence-corrected chi connectivity index (χ3v) is 3.19. The molecule has 0 radical (unpaired) electrons. The number of ether oxygens (including phenoxy) is 1. The number of allylic oxidation sites excluding steroid dienone is 1. The highest BCUT2D eigenvalue weighted by Crippen LogP contribution is 2.20. The lowest BCUT2D eigenvalue weighted by Crippen LogP contribution is -2.16. The van der Waals surface area contributed by atoms with Gasteiger partial charge in [-0.2, -0.15) is 0 Å². The molecule has 0 N–H and O–H groups in total. The SMILES string of the molecule is CC(C)C(=CC1CCCOC1)CBr. The van der Waals surface area contributed by atoms with E-state index in [9.17, 15) is 0 Å². The zero-order valence-corrected chi connectivity index (χ0v) is 10.1. The van der Waals surface area contributed by atoms with Gasteiger partial charge in [-0.25, -0.2) is 0 Å². The van der Waals surface area contributed by atoms with E-state index in [2.05, 4.69) is 35.9 Å². The highest BCUT2D eigenvalue weighted by molar-refractivity contribution is 9.09. The van der Waals surface area contributed by atoms with Crippen LogP contribution in [0, 0.1) is 11.8 Å². The lowest BCUT2D eigenvalue weighted by atomic mass is 9.95. The van der Waals surface area contributed by atoms with E-state index in [0.29, 0.717) is 11.8 Å². The number of hydrogen-bond acceptors (Lipinski definition) is 1. The summed E-state index contributed by atoms with van der Waals surface area (Å²) in [5, 5.41) is 1.00. The average molecular weight is 247 g/mol. The molecule has 0 saturated carbocycles. The van der Waals surface area contributed by atoms with Crippen molar-refractivity contribution in [3.05, 3.63) is 11.6 Å². The summed E-state index contributed by atoms with van der Waals surface area (Å²) >= 11 is 3.53. The van der Waals surface area contributed by atoms with Crippen LogP contribution in [0.3, 0.4) is 0 Å². The lowest BCUT2D eigenvalue weighted by molar-refractivity contribution is 0.0706. The molecule has 0 aromatic rings. The van der Waals surface area contributed by atoms with E-state index >= 15 is 0 Å². The number of alkyl halides is 1. The van der Waals surface area contributed by atoms with Crippen LogP contribution in [0.2, 0.25) is 0 Å². The van der Waals surface area contributed by atoms with Crippen molar-refractivity contribution in [3.8, 4) is 0 Å². The predicted molar refractivity (Wildman–Crippen MR) is 60.3 cm³/mol. The highest BCUT2D eigenvalue weighted by atomic mass is 79.9. The Balaban J connectivity index is 2.49. The molecule has 0 aromatic heterocycles. The predicted octanol–water partition coefficient (Wildman–Crippen LogP) is 3.39. The second kappa shape index (κ2) is 5.82. The maximum Gasteiger partial charge on any atom is 0.0528 e. The van der Waals surface area contributed by atoms with E-state index in [0.717, 1.165) is 18.5 Å². The minimum absolute atomic E-state index is 0.654. The minimum Gasteiger partial charge on any atom is -0.381 e. The van der Waals surface area contributed by atoms with Crippen LogP contribution in [0.4, 0.5) is 0 Å². The molecule has 1 saturated heterocycles. The Bertz CT molecular complexity index is 169. The molecule has 1 heterocycles. The highest BCUT2D eigenvalue weighted by Gasteiger charge is 2.12. The van der Waals surface area contributed by atoms with Crippen molar-refractivity contribution in [2.45, 2.75) is 26.7 Å². The molecule has 1 aliphatic rings. The van der Waals surface area contributed by atoms with Gasteiger partial charge in [-0.15, -0.1) is 0 Å². The van der Waals surface area contributed by atoms with Crippen LogP contribution >= 0.6 is 15.9 Å². The molecule has 0 spiro atoms. The summed E-state index contributed by atoms with van der Waals surface area (Å²) in [7, 11) is 0. The van der Waals surface area contributed by atoms with Crippen molar-refractivity contribution in [3.63, 3.8) is 0 Å². The summed E-state index contributed by atoms with van der Waals surface area (Å²) in [6.45, 7) is 6.37. The number of halogens is 1. The van der Waals surface area contributed by atoms with Crippen molar-refractivity contribution in [2.75, 3.05) is 18.5 Å². The Morgan fingerprint density at radius 2 is 2.38 bits per heavy atom. The molecule has 0 aliphatic carbocycles. The third kappa shape index (κ3) is 3.82. The first-order valence-corrected chi connectivity index (χ1v) is 6.20. The first-order chi connectivity index (χ1) is 6.24. The van der Waals surface area contributed by atoms with E-state index in [-0.39, 0.29) is 0 Å². The quantitative estimate of drug-likeness (QED) is 0.548. The summed E-state index contributed by atoms with van der Waals surface area (Å²) in [5.74, 6) is 1.31. The Labute approximate surface area is 89.7 Å². The third-order valence-electron chi connectivity index (χ3n) is 2.54. The van der Waals surface area contributed by atoms with E-state index in [1.165, 1.54) is 18.4 Å². The fourth-order valence-corrected chi connectivity index (χ4v) is 2.43. The van der Waals surface area contributed by atoms with Gasteiger partial charge in [0.1, 0.15) is 0 Å². The molecule has 1 fully saturated rings. The van der Waals surface area contributed by atoms with Crippen molar-refractivity contribution < 1.29 is 4.74 Å². The first kappa shape index (κ1) is 11.3. The van der Waals surface area contributed by atoms with Crippen LogP contribution in [0.25, 0.3) is 0 Å². The van der Waals surface area contributed by atoms with E-state index in [1.807, 2.05) is 0 Å². The normalized spacial score (nSPS) is 25.2. The Hall–Kier alpha value is 0.180. The number of hydrogen-bond donors (Lipinski definition) is 0. The van der Waals surface area contributed by atoms with Gasteiger partial charge in [-0.05, 0) is 18.8 Å². The van der Waals surface area contributed by atoms with Gasteiger partial charge in [0.2, 0.25) is 0 Å². The monoisotopic (exact) mass is 246 g/mol. The largest absolute Gasteiger partial charge is 0.381 e. The molecule has 1 unspecified atom stereocenters. The zero-order chi connectivity index (χ0) is 9.68. The van der Waals surface area contributed by atoms with E-state index in [4.69, 9.17) is 4.74 Å². The minimum atomic E-state index is 0.654. The van der Waals surface area contributed by atoms with Crippen molar-refractivity contribution >= 4 is 15.9 Å². The maximum atomic E-state index is 5.45. The standard InChI is InChI=1S/C11H19BrO/c1-9(2)11(7-12)6-10-4-3-5-13-8-10/h6,9-10H,3-5,7-8H2,1-2H3. The lowest BCUT2D eigenvalue weighted by Gasteiger charge is -2.21. The molecular weight excluding hydrogens is 228 g/mol. The van der Waals surface area contributed by atoms with Crippen LogP contribution in [-0.2, 0) is 4.74 Å². The molecule has 0 aromatic carbocycles. The van der Waals surface area contributed by atoms with Gasteiger partial charge in [-0.3, -0.25) is 0 Å². The molecule has 2 heteroatoms. The maximum absolute atomic E-state index is 5.45. The van der Waals surface area contributed by atoms with E-state index in [1.54, 1.807) is 0 Å². The summed E-state index contributed by atoms with van der Waals surface area (Å²) in [4.78, 5) is 0. The van der Waals surface area contributed by atoms with Crippen LogP contribution in [-0.4, -0.2) is 18.5 Å². The van der Waals surface area contributed by atoms with Gasteiger partial charge in [0, 0.05) is 17.9 Å². The molecule has 0 bridgehead atoms. The summed E-state index contributed by atoms with van der Waals surface area (Å²) in [6, 6.07) is 0. The van der Waals surface area contributed by atoms with Crippen molar-refractivity contribution in [2.24, 2.45) is 11.8 Å². The smallest absolute Gasteiger partial charge is 0.0528 e. The van der Waals surface area contributed by atoms with Crippen LogP contribution in [0.15, 0.2) is 11.6 Å². The van der Waals surface area contributed by atoms with Crippen molar-refractivity contribution in [1.29, 1.82) is 0 Å². The zero-order valence-electron chi connectivity index (χ0n) is 8.55. The molecule has 76 valence electrons. The molecule has 1 rings (SSSR count). The van der Waals surface area contributed by atoms with Gasteiger partial charge in [0.25, 0.3) is 0 Å². The van der Waals surface area contributed by atoms with Crippen LogP contribution < -0.4 is 0 Å². The van der Waals surface area contributed by atoms with Crippen LogP contribution in [0.5, 0.6) is 0 Å². The van der Waals surface area contributed by atoms with Gasteiger partial charge < -0.3 is 4.74 Å². The Morgan fingerprint density at radius 1 is 1.62 bits per heavy atom. The fraction of sp³-hybridized carbons (Fsp3) is 0.818. The average Bonchev–Trinajstić information content (AvgIpc) is 2.15. The van der Waals surface area contributed by atoms with Crippen LogP contribution in [0.1, 0.15) is 26.7 Å². The molecule has 0 amide bonds. The van der Waals surface area contributed by atoms with Gasteiger partial charge in [0.15, 0.2) is 0 Å². The molecular formula is C11H19BrO. The number of rotatable bonds is 3. The van der Waals surface area contributed by atoms with Crippen molar-refractivity contribution in [1.82, 2.24) is 0 Å². The fourth-order valence-electron chi connectivity index (χ4n) is 1.59. The van der Waals surface area contributed by atoms with Gasteiger partial charge in [0.05, 0.1) is 6.61 Å².